The van der Waals surface area contributed by atoms with Crippen molar-refractivity contribution in [2.75, 3.05) is 23.9 Å². The van der Waals surface area contributed by atoms with Crippen LogP contribution in [0.4, 0.5) is 5.69 Å². The van der Waals surface area contributed by atoms with E-state index in [2.05, 4.69) is 4.98 Å². The van der Waals surface area contributed by atoms with Crippen LogP contribution in [-0.4, -0.2) is 48.4 Å². The molecular formula is C24H30N4O3S2. The molecule has 0 radical (unpaired) electrons. The Morgan fingerprint density at radius 1 is 1.12 bits per heavy atom. The summed E-state index contributed by atoms with van der Waals surface area (Å²) in [6, 6.07) is 10.8. The second-order valence-electron chi connectivity index (χ2n) is 8.33. The number of rotatable bonds is 6. The fourth-order valence-corrected chi connectivity index (χ4v) is 7.12. The fourth-order valence-electron chi connectivity index (χ4n) is 4.29. The Labute approximate surface area is 199 Å². The summed E-state index contributed by atoms with van der Waals surface area (Å²) in [6.45, 7) is 7.36. The summed E-state index contributed by atoms with van der Waals surface area (Å²) in [5.74, 6) is 0.0240. The normalized spacial score (nSPS) is 14.5. The van der Waals surface area contributed by atoms with Gasteiger partial charge in [-0.1, -0.05) is 18.2 Å². The van der Waals surface area contributed by atoms with Crippen molar-refractivity contribution in [3.05, 3.63) is 52.7 Å². The number of para-hydroxylation sites is 1. The minimum absolute atomic E-state index is 0.0240. The first-order chi connectivity index (χ1) is 15.8. The summed E-state index contributed by atoms with van der Waals surface area (Å²) in [4.78, 5) is 20.5. The number of hydrogen-bond donors (Lipinski definition) is 0. The summed E-state index contributed by atoms with van der Waals surface area (Å²) >= 11 is 1.34. The van der Waals surface area contributed by atoms with Crippen LogP contribution >= 0.6 is 11.3 Å². The monoisotopic (exact) mass is 486 g/mol. The van der Waals surface area contributed by atoms with Crippen molar-refractivity contribution in [1.29, 1.82) is 0 Å². The van der Waals surface area contributed by atoms with Crippen molar-refractivity contribution in [3.63, 3.8) is 0 Å². The SMILES string of the molecule is CCN(c1ccccc1)S(=O)(=O)c1cc(-c2nc(C)c(C(=O)N3CCCCC3)s2)n(C)c1C. The lowest BCUT2D eigenvalue weighted by Crippen LogP contribution is -2.35. The maximum atomic E-state index is 13.6. The van der Waals surface area contributed by atoms with Crippen LogP contribution in [0.2, 0.25) is 0 Å². The molecule has 0 bridgehead atoms. The van der Waals surface area contributed by atoms with Crippen molar-refractivity contribution < 1.29 is 13.2 Å². The number of aromatic nitrogens is 2. The van der Waals surface area contributed by atoms with E-state index >= 15 is 0 Å². The Bertz CT molecular complexity index is 1260. The van der Waals surface area contributed by atoms with Gasteiger partial charge in [0.1, 0.15) is 14.8 Å². The van der Waals surface area contributed by atoms with E-state index in [0.717, 1.165) is 32.4 Å². The molecule has 2 aromatic heterocycles. The molecule has 1 aliphatic heterocycles. The molecular weight excluding hydrogens is 456 g/mol. The van der Waals surface area contributed by atoms with Gasteiger partial charge in [-0.3, -0.25) is 9.10 Å². The lowest BCUT2D eigenvalue weighted by atomic mass is 10.1. The van der Waals surface area contributed by atoms with E-state index in [1.165, 1.54) is 15.6 Å². The van der Waals surface area contributed by atoms with Gasteiger partial charge >= 0.3 is 0 Å². The van der Waals surface area contributed by atoms with Gasteiger partial charge in [0.2, 0.25) is 0 Å². The van der Waals surface area contributed by atoms with Gasteiger partial charge in [0.15, 0.2) is 0 Å². The molecule has 9 heteroatoms. The quantitative estimate of drug-likeness (QED) is 0.510. The predicted octanol–water partition coefficient (Wildman–Crippen LogP) is 4.61. The molecule has 1 fully saturated rings. The van der Waals surface area contributed by atoms with Crippen molar-refractivity contribution in [2.24, 2.45) is 7.05 Å². The third-order valence-corrected chi connectivity index (χ3v) is 9.43. The highest BCUT2D eigenvalue weighted by Gasteiger charge is 2.30. The van der Waals surface area contributed by atoms with Gasteiger partial charge in [-0.25, -0.2) is 13.4 Å². The number of carbonyl (C=O) groups is 1. The molecule has 1 amide bonds. The Morgan fingerprint density at radius 2 is 1.79 bits per heavy atom. The van der Waals surface area contributed by atoms with Crippen LogP contribution in [0.1, 0.15) is 47.2 Å². The number of thiazole rings is 1. The number of nitrogens with zero attached hydrogens (tertiary/aromatic N) is 4. The zero-order valence-corrected chi connectivity index (χ0v) is 21.2. The van der Waals surface area contributed by atoms with E-state index in [4.69, 9.17) is 0 Å². The number of benzene rings is 1. The molecule has 3 aromatic rings. The molecule has 0 atom stereocenters. The second-order valence-corrected chi connectivity index (χ2v) is 11.2. The van der Waals surface area contributed by atoms with Crippen molar-refractivity contribution in [1.82, 2.24) is 14.5 Å². The minimum atomic E-state index is -3.77. The molecule has 1 aliphatic rings. The molecule has 1 saturated heterocycles. The Balaban J connectivity index is 1.71. The first-order valence-electron chi connectivity index (χ1n) is 11.3. The lowest BCUT2D eigenvalue weighted by Gasteiger charge is -2.26. The summed E-state index contributed by atoms with van der Waals surface area (Å²) < 4.78 is 30.5. The zero-order valence-electron chi connectivity index (χ0n) is 19.5. The third kappa shape index (κ3) is 4.31. The van der Waals surface area contributed by atoms with E-state index in [9.17, 15) is 13.2 Å². The van der Waals surface area contributed by atoms with Crippen LogP contribution in [0.15, 0.2) is 41.3 Å². The number of carbonyl (C=O) groups excluding carboxylic acids is 1. The van der Waals surface area contributed by atoms with Gasteiger partial charge in [-0.2, -0.15) is 0 Å². The largest absolute Gasteiger partial charge is 0.345 e. The molecule has 3 heterocycles. The average molecular weight is 487 g/mol. The predicted molar refractivity (Wildman–Crippen MR) is 132 cm³/mol. The number of anilines is 1. The van der Waals surface area contributed by atoms with Crippen molar-refractivity contribution >= 4 is 33.0 Å². The van der Waals surface area contributed by atoms with E-state index in [0.29, 0.717) is 39.2 Å². The maximum Gasteiger partial charge on any atom is 0.266 e. The molecule has 33 heavy (non-hydrogen) atoms. The Hall–Kier alpha value is -2.65. The van der Waals surface area contributed by atoms with E-state index < -0.39 is 10.0 Å². The average Bonchev–Trinajstić information content (AvgIpc) is 3.34. The molecule has 0 saturated carbocycles. The first kappa shape index (κ1) is 23.5. The molecule has 0 unspecified atom stereocenters. The molecule has 7 nitrogen and oxygen atoms in total. The standard InChI is InChI=1S/C24H30N4O3S2/c1-5-28(19-12-8-6-9-13-19)33(30,31)21-16-20(26(4)18(21)3)23-25-17(2)22(32-23)24(29)27-14-10-7-11-15-27/h6,8-9,12-13,16H,5,7,10-11,14-15H2,1-4H3. The van der Waals surface area contributed by atoms with E-state index in [-0.39, 0.29) is 10.8 Å². The maximum absolute atomic E-state index is 13.6. The summed E-state index contributed by atoms with van der Waals surface area (Å²) in [5.41, 5.74) is 2.65. The van der Waals surface area contributed by atoms with E-state index in [1.807, 2.05) is 48.6 Å². The van der Waals surface area contributed by atoms with Gasteiger partial charge in [0.25, 0.3) is 15.9 Å². The topological polar surface area (TPSA) is 75.5 Å². The molecule has 1 aromatic carbocycles. The smallest absolute Gasteiger partial charge is 0.266 e. The first-order valence-corrected chi connectivity index (χ1v) is 13.5. The minimum Gasteiger partial charge on any atom is -0.345 e. The molecule has 0 aliphatic carbocycles. The number of sulfonamides is 1. The van der Waals surface area contributed by atoms with Gasteiger partial charge in [-0.05, 0) is 58.2 Å². The van der Waals surface area contributed by atoms with Crippen LogP contribution in [0, 0.1) is 13.8 Å². The number of hydrogen-bond acceptors (Lipinski definition) is 5. The lowest BCUT2D eigenvalue weighted by molar-refractivity contribution is 0.0728. The van der Waals surface area contributed by atoms with Crippen LogP contribution in [-0.2, 0) is 17.1 Å². The van der Waals surface area contributed by atoms with Gasteiger partial charge < -0.3 is 9.47 Å². The van der Waals surface area contributed by atoms with Gasteiger partial charge in [-0.15, -0.1) is 11.3 Å². The van der Waals surface area contributed by atoms with Crippen LogP contribution in [0.25, 0.3) is 10.7 Å². The van der Waals surface area contributed by atoms with Crippen LogP contribution in [0.5, 0.6) is 0 Å². The van der Waals surface area contributed by atoms with Gasteiger partial charge in [0, 0.05) is 32.4 Å². The molecule has 0 N–H and O–H groups in total. The van der Waals surface area contributed by atoms with Crippen molar-refractivity contribution in [2.45, 2.75) is 44.9 Å². The Kier molecular flexibility index (Phi) is 6.63. The molecule has 4 rings (SSSR count). The third-order valence-electron chi connectivity index (χ3n) is 6.24. The highest BCUT2D eigenvalue weighted by atomic mass is 32.2. The number of aryl methyl sites for hydroxylation is 1. The number of amides is 1. The highest BCUT2D eigenvalue weighted by molar-refractivity contribution is 7.92. The Morgan fingerprint density at radius 3 is 2.42 bits per heavy atom. The van der Waals surface area contributed by atoms with Crippen LogP contribution < -0.4 is 4.31 Å². The van der Waals surface area contributed by atoms with Crippen molar-refractivity contribution in [3.8, 4) is 10.7 Å². The summed E-state index contributed by atoms with van der Waals surface area (Å²) in [6.07, 6.45) is 3.22. The summed E-state index contributed by atoms with van der Waals surface area (Å²) in [5, 5.41) is 0.655. The fraction of sp³-hybridized carbons (Fsp3) is 0.417. The number of likely N-dealkylation sites (tertiary alicyclic amines) is 1. The zero-order chi connectivity index (χ0) is 23.8. The molecule has 0 spiro atoms. The van der Waals surface area contributed by atoms with E-state index in [1.54, 1.807) is 25.1 Å². The number of piperidine rings is 1. The van der Waals surface area contributed by atoms with Crippen LogP contribution in [0.3, 0.4) is 0 Å². The summed E-state index contributed by atoms with van der Waals surface area (Å²) in [7, 11) is -1.93. The highest BCUT2D eigenvalue weighted by Crippen LogP contribution is 2.35. The molecule has 176 valence electrons. The van der Waals surface area contributed by atoms with Gasteiger partial charge in [0.05, 0.1) is 17.1 Å². The second kappa shape index (κ2) is 9.30.